The zero-order valence-electron chi connectivity index (χ0n) is 56.3. The Bertz CT molecular complexity index is 5020. The molecule has 0 aliphatic heterocycles. The lowest BCUT2D eigenvalue weighted by molar-refractivity contribution is 1.11. The van der Waals surface area contributed by atoms with Gasteiger partial charge in [-0.25, -0.2) is 4.98 Å². The second kappa shape index (κ2) is 10.9. The van der Waals surface area contributed by atoms with Crippen LogP contribution in [0.15, 0.2) is 175 Å². The van der Waals surface area contributed by atoms with Crippen molar-refractivity contribution in [1.82, 2.24) is 18.5 Å². The highest BCUT2D eigenvalue weighted by atomic mass is 15.2. The summed E-state index contributed by atoms with van der Waals surface area (Å²) in [6.45, 7) is 1.37. The van der Waals surface area contributed by atoms with E-state index in [0.29, 0.717) is 4.57 Å². The molecule has 0 unspecified atom stereocenters. The number of imidazole rings is 2. The number of benzene rings is 8. The molecule has 11 aromatic rings. The maximum Gasteiger partial charge on any atom is 0.220 e. The molecule has 0 N–H and O–H groups in total. The Morgan fingerprint density at radius 2 is 0.907 bits per heavy atom. The van der Waals surface area contributed by atoms with Crippen molar-refractivity contribution in [3.8, 4) is 55.9 Å². The molecule has 0 fully saturated rings. The van der Waals surface area contributed by atoms with Gasteiger partial charge in [0.05, 0.1) is 72.9 Å². The average molecular weight is 718 g/mol. The van der Waals surface area contributed by atoms with Crippen LogP contribution in [0.3, 0.4) is 0 Å². The van der Waals surface area contributed by atoms with E-state index in [2.05, 4.69) is 4.98 Å². The van der Waals surface area contributed by atoms with E-state index in [4.69, 9.17) is 19.2 Å². The van der Waals surface area contributed by atoms with Gasteiger partial charge >= 0.3 is 0 Å². The van der Waals surface area contributed by atoms with Crippen LogP contribution in [-0.4, -0.2) is 18.5 Å². The minimum absolute atomic E-state index is 0.0212. The average Bonchev–Trinajstić information content (AvgIpc) is 1.75. The Balaban J connectivity index is 1.34. The number of para-hydroxylation sites is 3. The van der Waals surface area contributed by atoms with Crippen LogP contribution in [0.1, 0.15) is 45.3 Å². The molecule has 12 rings (SSSR count). The van der Waals surface area contributed by atoms with E-state index in [1.165, 1.54) is 6.92 Å². The van der Waals surface area contributed by atoms with Crippen molar-refractivity contribution < 1.29 is 39.8 Å². The number of hydrogen-bond donors (Lipinski definition) is 0. The van der Waals surface area contributed by atoms with Gasteiger partial charge in [-0.15, -0.1) is 0 Å². The molecule has 0 bridgehead atoms. The molecule has 0 atom stereocenters. The number of hydrogen-bond acceptors (Lipinski definition) is 1. The fourth-order valence-corrected chi connectivity index (χ4v) is 7.06. The van der Waals surface area contributed by atoms with Gasteiger partial charge in [-0.3, -0.25) is 8.97 Å². The molecular weight excluding hydrogens is 657 g/mol. The number of aromatic nitrogens is 4. The smallest absolute Gasteiger partial charge is 0.220 e. The van der Waals surface area contributed by atoms with Crippen LogP contribution in [0.25, 0.3) is 106 Å². The summed E-state index contributed by atoms with van der Waals surface area (Å²) < 4.78 is 270. The minimum Gasteiger partial charge on any atom is -0.309 e. The Morgan fingerprint density at radius 3 is 1.59 bits per heavy atom. The molecule has 4 heteroatoms. The lowest BCUT2D eigenvalue weighted by Gasteiger charge is -2.24. The Morgan fingerprint density at radius 1 is 0.389 bits per heavy atom. The molecule has 0 spiro atoms. The minimum atomic E-state index is -1.13. The van der Waals surface area contributed by atoms with Crippen molar-refractivity contribution in [2.45, 2.75) is 6.92 Å². The monoisotopic (exact) mass is 717 g/mol. The van der Waals surface area contributed by atoms with Gasteiger partial charge in [0, 0.05) is 22.1 Å². The summed E-state index contributed by atoms with van der Waals surface area (Å²) in [5.41, 5.74) is -10.7. The first-order valence-corrected chi connectivity index (χ1v) is 16.2. The third-order valence-corrected chi connectivity index (χ3v) is 9.28. The molecule has 1 aliphatic carbocycles. The molecule has 54 heavy (non-hydrogen) atoms. The molecule has 0 saturated heterocycles. The SMILES string of the molecule is [2H]c1c([2H])c([2H])c2c(c1[2H])-c1c([2H])c([2H])c([2H])c([2H])c1-c1c([2H])c([2H])c(-n3c4c([2H])c([2H])c([2H])c([2H])c4c4c([2H])c(-n5c6c([2H])c([2H])c([2H])c([2H])c6n6c7c([2H])c(C)c([2H])c([2H])c7nc56)c([2H])c([2H])c43)c([2H])c1-c1c([2H])c([2H])c([2H])c([2H])c1-2. The van der Waals surface area contributed by atoms with Gasteiger partial charge in [-0.2, -0.15) is 0 Å². The van der Waals surface area contributed by atoms with Gasteiger partial charge in [0.2, 0.25) is 5.78 Å². The van der Waals surface area contributed by atoms with E-state index in [1.54, 1.807) is 0 Å². The van der Waals surface area contributed by atoms with E-state index in [9.17, 15) is 20.6 Å². The van der Waals surface area contributed by atoms with Crippen LogP contribution >= 0.6 is 0 Å². The van der Waals surface area contributed by atoms with E-state index in [-0.39, 0.29) is 22.6 Å². The molecule has 4 nitrogen and oxygen atoms in total. The molecule has 0 amide bonds. The predicted molar refractivity (Wildman–Crippen MR) is 224 cm³/mol. The molecule has 1 aliphatic rings. The van der Waals surface area contributed by atoms with Crippen molar-refractivity contribution in [2.24, 2.45) is 0 Å². The highest BCUT2D eigenvalue weighted by Crippen LogP contribution is 2.48. The molecular formula is C50H32N4. The maximum atomic E-state index is 10.3. The van der Waals surface area contributed by atoms with Gasteiger partial charge in [-0.05, 0) is 117 Å². The lowest BCUT2D eigenvalue weighted by Crippen LogP contribution is -2.00. The van der Waals surface area contributed by atoms with Crippen molar-refractivity contribution >= 4 is 49.7 Å². The maximum absolute atomic E-state index is 10.3. The number of rotatable bonds is 2. The molecule has 8 aromatic carbocycles. The van der Waals surface area contributed by atoms with Crippen LogP contribution in [0, 0.1) is 6.92 Å². The van der Waals surface area contributed by atoms with Crippen molar-refractivity contribution in [3.05, 3.63) is 181 Å². The van der Waals surface area contributed by atoms with E-state index in [1.807, 2.05) is 0 Å². The largest absolute Gasteiger partial charge is 0.309 e. The second-order valence-electron chi connectivity index (χ2n) is 12.2. The van der Waals surface area contributed by atoms with Crippen LogP contribution in [0.5, 0.6) is 0 Å². The highest BCUT2D eigenvalue weighted by molar-refractivity contribution is 6.11. The summed E-state index contributed by atoms with van der Waals surface area (Å²) in [5.74, 6) is -0.462. The first-order valence-electron chi connectivity index (χ1n) is 30.7. The molecule has 3 aromatic heterocycles. The summed E-state index contributed by atoms with van der Waals surface area (Å²) in [5, 5.41) is -1.27. The van der Waals surface area contributed by atoms with Gasteiger partial charge < -0.3 is 4.57 Å². The fraction of sp³-hybridized carbons (Fsp3) is 0.0200. The summed E-state index contributed by atoms with van der Waals surface area (Å²) in [6, 6.07) is -26.3. The standard InChI is InChI=1S/C50H32N4/c1-31-22-26-44-49(28-31)54-48-21-11-10-20-47(48)53(50(54)51-44)33-24-27-46-43(30-33)41-18-8-9-19-45(41)52(46)32-23-25-40-38-16-5-4-14-36(38)34-12-2-3-13-35(34)37-15-6-7-17-39(37)42(40)29-32/h2-30H,1H3/i2D,3D,4D,5D,6D,7D,8D,9D,10D,11D,12D,13D,14D,15D,16D,17D,18D,19D,20D,21D,22D,23D,24D,25D,26D,27D,28D,29D,30D. The topological polar surface area (TPSA) is 27.2 Å². The van der Waals surface area contributed by atoms with Crippen LogP contribution in [0.2, 0.25) is 0 Å². The predicted octanol–water partition coefficient (Wildman–Crippen LogP) is 12.8. The number of nitrogens with zero attached hydrogens (tertiary/aromatic N) is 4. The van der Waals surface area contributed by atoms with Gasteiger partial charge in [0.25, 0.3) is 0 Å². The van der Waals surface area contributed by atoms with Gasteiger partial charge in [0.15, 0.2) is 0 Å². The van der Waals surface area contributed by atoms with E-state index in [0.717, 1.165) is 8.97 Å². The quantitative estimate of drug-likeness (QED) is 0.175. The van der Waals surface area contributed by atoms with Crippen molar-refractivity contribution in [2.75, 3.05) is 0 Å². The van der Waals surface area contributed by atoms with E-state index >= 15 is 0 Å². The van der Waals surface area contributed by atoms with Crippen molar-refractivity contribution in [1.29, 1.82) is 0 Å². The summed E-state index contributed by atoms with van der Waals surface area (Å²) in [7, 11) is 0. The third kappa shape index (κ3) is 3.99. The fourth-order valence-electron chi connectivity index (χ4n) is 7.06. The first-order chi connectivity index (χ1) is 38.8. The second-order valence-corrected chi connectivity index (χ2v) is 12.2. The summed E-state index contributed by atoms with van der Waals surface area (Å²) in [6.07, 6.45) is 0. The normalized spacial score (nSPS) is 19.7. The Labute approximate surface area is 352 Å². The molecule has 3 heterocycles. The van der Waals surface area contributed by atoms with Crippen LogP contribution in [-0.2, 0) is 0 Å². The Kier molecular flexibility index (Phi) is 2.64. The van der Waals surface area contributed by atoms with Gasteiger partial charge in [-0.1, -0.05) is 115 Å². The van der Waals surface area contributed by atoms with Crippen molar-refractivity contribution in [3.63, 3.8) is 0 Å². The third-order valence-electron chi connectivity index (χ3n) is 9.28. The molecule has 0 radical (unpaired) electrons. The summed E-state index contributed by atoms with van der Waals surface area (Å²) in [4.78, 5) is 4.54. The zero-order valence-corrected chi connectivity index (χ0v) is 27.3. The highest BCUT2D eigenvalue weighted by Gasteiger charge is 2.24. The number of fused-ring (bicyclic) bond motifs is 16. The Hall–Kier alpha value is -7.17. The van der Waals surface area contributed by atoms with Crippen LogP contribution in [0.4, 0.5) is 0 Å². The molecule has 0 saturated carbocycles. The van der Waals surface area contributed by atoms with Crippen LogP contribution < -0.4 is 0 Å². The first kappa shape index (κ1) is 13.0. The summed E-state index contributed by atoms with van der Waals surface area (Å²) >= 11 is 0. The lowest BCUT2D eigenvalue weighted by atomic mass is 9.81. The van der Waals surface area contributed by atoms with Gasteiger partial charge in [0.1, 0.15) is 0 Å². The molecule has 252 valence electrons. The zero-order chi connectivity index (χ0) is 60.7. The van der Waals surface area contributed by atoms with E-state index < -0.39 is 264 Å².